The molecule has 0 radical (unpaired) electrons. The Balaban J connectivity index is 1.18. The number of rotatable bonds is 28. The highest BCUT2D eigenvalue weighted by molar-refractivity contribution is 8.00. The molecule has 3 aliphatic heterocycles. The number of unbranched alkanes of at least 4 members (excludes halogenated alkanes) is 2. The van der Waals surface area contributed by atoms with Crippen LogP contribution in [-0.4, -0.2) is 289 Å². The zero-order valence-electron chi connectivity index (χ0n) is 77.2. The van der Waals surface area contributed by atoms with E-state index in [0.717, 1.165) is 21.6 Å². The first-order valence-electron chi connectivity index (χ1n) is 45.5. The van der Waals surface area contributed by atoms with Gasteiger partial charge in [-0.25, -0.2) is 4.98 Å². The SMILES string of the molecule is CCCC[C@H]1C(=O)N(C)[C@@H](CCCC)C(=O)C[C@@H](CCCNC(N)N)C(=O)N[C@H](C(=O)CCC(C)=O)CSCC(=O)N[C@@H](Cc2ccccc2)C(=O)N(C)[C@@H](C)C(=O)N[C@@H](CC(N)=O)C(=O)N2CCCC2C(=O)C[C@@H](Cc2cnc[nH]2)C(=O)N[C@@H](CC(C)C)C(=O)N(C)CC(=O)N[C@@H](CC2=CNC3C=CC=CC23)C(=O)N[C@@H](CO)C(=O)N[C@@H](Cc2c[nH]c3ccccc23)C(=O)N1C. The van der Waals surface area contributed by atoms with E-state index in [4.69, 9.17) is 17.2 Å². The molecule has 38 nitrogen and oxygen atoms in total. The summed E-state index contributed by atoms with van der Waals surface area (Å²) in [5, 5.41) is 37.2. The molecule has 3 unspecified atom stereocenters. The first-order chi connectivity index (χ1) is 62.9. The van der Waals surface area contributed by atoms with Gasteiger partial charge in [-0.1, -0.05) is 126 Å². The Morgan fingerprint density at radius 1 is 0.621 bits per heavy atom. The molecular weight excluding hydrogens is 1720 g/mol. The average molecular weight is 1850 g/mol. The Morgan fingerprint density at radius 2 is 1.25 bits per heavy atom. The second-order valence-electron chi connectivity index (χ2n) is 35.2. The van der Waals surface area contributed by atoms with E-state index in [-0.39, 0.29) is 126 Å². The number of carbonyl (C=O) groups is 17. The van der Waals surface area contributed by atoms with E-state index in [0.29, 0.717) is 59.0 Å². The predicted octanol–water partition coefficient (Wildman–Crippen LogP) is 0.952. The number of ketones is 4. The number of nitrogens with zero attached hydrogens (tertiary/aromatic N) is 6. The molecule has 8 rings (SSSR count). The Hall–Kier alpha value is -11.8. The van der Waals surface area contributed by atoms with Gasteiger partial charge >= 0.3 is 0 Å². The van der Waals surface area contributed by atoms with E-state index in [1.165, 1.54) is 69.3 Å². The maximum absolute atomic E-state index is 15.7. The molecular formula is C93H134N20O18S. The fourth-order valence-corrected chi connectivity index (χ4v) is 17.9. The third-order valence-corrected chi connectivity index (χ3v) is 25.6. The summed E-state index contributed by atoms with van der Waals surface area (Å²) in [6, 6.07) is -0.266. The van der Waals surface area contributed by atoms with Crippen LogP contribution in [-0.2, 0) is 101 Å². The number of nitrogens with one attached hydrogen (secondary N) is 11. The van der Waals surface area contributed by atoms with Crippen LogP contribution < -0.4 is 65.1 Å². The molecule has 720 valence electrons. The Bertz CT molecular complexity index is 4790. The molecule has 132 heavy (non-hydrogen) atoms. The van der Waals surface area contributed by atoms with Crippen LogP contribution in [0.15, 0.2) is 109 Å². The highest BCUT2D eigenvalue weighted by atomic mass is 32.2. The Morgan fingerprint density at radius 3 is 1.92 bits per heavy atom. The number of H-pyrrole nitrogens is 2. The number of Topliss-reactive ketones (excluding diaryl/α,β-unsaturated/α-hetero) is 4. The summed E-state index contributed by atoms with van der Waals surface area (Å²) in [5.74, 6) is -16.8. The number of carbonyl (C=O) groups excluding carboxylic acids is 17. The molecule has 39 heteroatoms. The topological polar surface area (TPSA) is 557 Å². The standard InChI is InChI=1S/C93H134N20O18S/c1-11-13-31-74-78(117)43-58(26-22-36-98-93(95)96)84(123)108-73(77(116)35-34-55(5)115)51-132-52-82(121)103-69(39-57-24-16-15-17-25-57)89(128)110(8)56(6)83(122)104-71(45-80(94)119)91(130)113-37-23-33-75(113)79(118)44-59(40-62-48-97-53-101-62)85(124)105-68(38-54(3)4)88(127)109(7)49-81(120)102-67(41-60-46-99-65-29-20-18-27-63(60)65)86(125)107-72(50-114)87(126)106-70(42-61-47-100-66-30-21-19-28-64(61)66)90(129)112(10)76(32-14-12-2)92(131)111(74)9/h15-21,24-25,27-30,46-48,53-54,56,58-59,63,65,67-76,93,98-100,114H,11-14,22-23,26,31-45,49-52,95-96H2,1-10H3,(H2,94,119)(H,97,101)(H,102,120)(H,103,121)(H,104,122)(H,105,124)(H,106,126)(H,107,125)(H,108,123)/t56-,58+,59+,63?,65?,67-,68-,69-,70-,71-,72-,73-,74-,75?,76-/m0/s1. The summed E-state index contributed by atoms with van der Waals surface area (Å²) in [7, 11) is 5.43. The van der Waals surface area contributed by atoms with Crippen LogP contribution in [0, 0.1) is 23.7 Å². The molecule has 2 saturated heterocycles. The number of para-hydroxylation sites is 1. The molecule has 0 bridgehead atoms. The minimum absolute atomic E-state index is 0.000869. The van der Waals surface area contributed by atoms with Crippen LogP contribution in [0.1, 0.15) is 168 Å². The van der Waals surface area contributed by atoms with Crippen molar-refractivity contribution in [2.75, 3.05) is 65.9 Å². The summed E-state index contributed by atoms with van der Waals surface area (Å²) >= 11 is 0.901. The molecule has 0 saturated carbocycles. The predicted molar refractivity (Wildman–Crippen MR) is 494 cm³/mol. The molecule has 4 aromatic rings. The Labute approximate surface area is 774 Å². The quantitative estimate of drug-likeness (QED) is 0.0278. The summed E-state index contributed by atoms with van der Waals surface area (Å²) in [5.41, 5.74) is 20.3. The van der Waals surface area contributed by atoms with Crippen LogP contribution in [0.4, 0.5) is 0 Å². The highest BCUT2D eigenvalue weighted by Crippen LogP contribution is 2.32. The van der Waals surface area contributed by atoms with Crippen LogP contribution >= 0.6 is 11.8 Å². The number of imidazole rings is 1. The van der Waals surface area contributed by atoms with E-state index in [1.54, 1.807) is 74.8 Å². The van der Waals surface area contributed by atoms with E-state index in [1.807, 2.05) is 44.2 Å². The van der Waals surface area contributed by atoms with E-state index < -0.39 is 217 Å². The number of aromatic amines is 2. The summed E-state index contributed by atoms with van der Waals surface area (Å²) in [6.45, 7) is 8.37. The number of amides is 13. The fraction of sp³-hybridized carbons (Fsp3) is 0.570. The number of benzene rings is 2. The number of hydrogen-bond donors (Lipinski definition) is 15. The van der Waals surface area contributed by atoms with Crippen molar-refractivity contribution in [2.45, 2.75) is 249 Å². The van der Waals surface area contributed by atoms with Crippen molar-refractivity contribution in [3.8, 4) is 0 Å². The van der Waals surface area contributed by atoms with Gasteiger partial charge in [0.25, 0.3) is 0 Å². The normalized spacial score (nSPS) is 25.6. The molecule has 15 atom stereocenters. The number of primary amides is 1. The lowest BCUT2D eigenvalue weighted by atomic mass is 9.88. The highest BCUT2D eigenvalue weighted by Gasteiger charge is 2.45. The van der Waals surface area contributed by atoms with Gasteiger partial charge in [0.05, 0.1) is 61.7 Å². The van der Waals surface area contributed by atoms with Gasteiger partial charge in [0, 0.05) is 126 Å². The van der Waals surface area contributed by atoms with Gasteiger partial charge in [0.1, 0.15) is 60.4 Å². The smallest absolute Gasteiger partial charge is 0.246 e. The number of allylic oxidation sites excluding steroid dienone is 2. The Kier molecular flexibility index (Phi) is 41.5. The van der Waals surface area contributed by atoms with Crippen LogP contribution in [0.25, 0.3) is 10.9 Å². The minimum atomic E-state index is -1.81. The fourth-order valence-electron chi connectivity index (χ4n) is 17.0. The maximum atomic E-state index is 15.7. The van der Waals surface area contributed by atoms with Crippen molar-refractivity contribution >= 4 is 123 Å². The molecule has 2 aromatic heterocycles. The van der Waals surface area contributed by atoms with Crippen LogP contribution in [0.5, 0.6) is 0 Å². The minimum Gasteiger partial charge on any atom is -0.394 e. The number of hydrogen-bond acceptors (Lipinski definition) is 24. The van der Waals surface area contributed by atoms with Gasteiger partial charge in [-0.3, -0.25) is 82.0 Å². The molecule has 5 heterocycles. The van der Waals surface area contributed by atoms with Crippen molar-refractivity contribution < 1.29 is 86.6 Å². The van der Waals surface area contributed by atoms with E-state index in [9.17, 15) is 57.8 Å². The molecule has 0 spiro atoms. The van der Waals surface area contributed by atoms with Gasteiger partial charge in [-0.15, -0.1) is 11.8 Å². The van der Waals surface area contributed by atoms with Gasteiger partial charge in [0.15, 0.2) is 17.3 Å². The third-order valence-electron chi connectivity index (χ3n) is 24.5. The second-order valence-corrected chi connectivity index (χ2v) is 36.3. The number of aliphatic hydroxyl groups is 1. The third kappa shape index (κ3) is 30.9. The zero-order chi connectivity index (χ0) is 96.6. The molecule has 2 aromatic carbocycles. The van der Waals surface area contributed by atoms with E-state index in [2.05, 4.69) is 62.8 Å². The van der Waals surface area contributed by atoms with Gasteiger partial charge in [0.2, 0.25) is 76.8 Å². The average Bonchev–Trinajstić information content (AvgIpc) is 1.48. The van der Waals surface area contributed by atoms with Crippen molar-refractivity contribution in [1.29, 1.82) is 0 Å². The lowest BCUT2D eigenvalue weighted by molar-refractivity contribution is -0.149. The van der Waals surface area contributed by atoms with E-state index >= 15 is 28.8 Å². The van der Waals surface area contributed by atoms with Gasteiger partial charge in [-0.2, -0.15) is 0 Å². The summed E-state index contributed by atoms with van der Waals surface area (Å²) in [6.07, 6.45) is 12.4. The van der Waals surface area contributed by atoms with Crippen LogP contribution in [0.2, 0.25) is 0 Å². The molecule has 2 fully saturated rings. The van der Waals surface area contributed by atoms with Crippen molar-refractivity contribution in [3.05, 3.63) is 126 Å². The largest absolute Gasteiger partial charge is 0.394 e. The van der Waals surface area contributed by atoms with Gasteiger partial charge in [-0.05, 0) is 107 Å². The molecule has 18 N–H and O–H groups in total. The number of fused-ring (bicyclic) bond motifs is 3. The first kappa shape index (κ1) is 106. The number of nitrogens with two attached hydrogens (primary N) is 3. The maximum Gasteiger partial charge on any atom is 0.246 e. The first-order valence-corrected chi connectivity index (χ1v) is 46.7. The lowest BCUT2D eigenvalue weighted by Crippen LogP contribution is -2.60. The zero-order valence-corrected chi connectivity index (χ0v) is 78.0. The lowest BCUT2D eigenvalue weighted by Gasteiger charge is -2.36. The summed E-state index contributed by atoms with van der Waals surface area (Å²) < 4.78 is 0. The van der Waals surface area contributed by atoms with Crippen molar-refractivity contribution in [3.63, 3.8) is 0 Å². The van der Waals surface area contributed by atoms with Crippen molar-refractivity contribution in [2.24, 2.45) is 40.9 Å². The number of aliphatic hydroxyl groups excluding tert-OH is 1. The molecule has 13 amide bonds. The van der Waals surface area contributed by atoms with Gasteiger partial charge < -0.3 is 104 Å². The molecule has 4 aliphatic rings. The van der Waals surface area contributed by atoms with Crippen molar-refractivity contribution in [1.82, 2.24) is 87.3 Å². The monoisotopic (exact) mass is 1850 g/mol. The molecule has 1 aliphatic carbocycles. The number of aromatic nitrogens is 3. The summed E-state index contributed by atoms with van der Waals surface area (Å²) in [4.78, 5) is 266. The second kappa shape index (κ2) is 51.9. The number of likely N-dealkylation sites (N-methyl/N-ethyl adjacent to an activating group) is 4. The number of thioether (sulfide) groups is 1. The van der Waals surface area contributed by atoms with Crippen LogP contribution in [0.3, 0.4) is 0 Å².